The van der Waals surface area contributed by atoms with Crippen LogP contribution >= 0.6 is 0 Å². The summed E-state index contributed by atoms with van der Waals surface area (Å²) in [5.41, 5.74) is 1.59. The maximum atomic E-state index is 11.2. The number of hydrogen-bond donors (Lipinski definition) is 0. The third kappa shape index (κ3) is 4.95. The van der Waals surface area contributed by atoms with Crippen molar-refractivity contribution >= 4 is 5.69 Å². The molecule has 29 heavy (non-hydrogen) atoms. The molecule has 3 rings (SSSR count). The minimum atomic E-state index is -0.472. The third-order valence-electron chi connectivity index (χ3n) is 4.29. The van der Waals surface area contributed by atoms with Crippen LogP contribution < -0.4 is 18.9 Å². The Morgan fingerprint density at radius 2 is 1.24 bits per heavy atom. The van der Waals surface area contributed by atoms with Crippen molar-refractivity contribution in [2.45, 2.75) is 13.2 Å². The van der Waals surface area contributed by atoms with Gasteiger partial charge in [-0.15, -0.1) is 0 Å². The molecule has 0 atom stereocenters. The van der Waals surface area contributed by atoms with Crippen molar-refractivity contribution < 1.29 is 23.9 Å². The van der Waals surface area contributed by atoms with E-state index in [0.717, 1.165) is 11.1 Å². The van der Waals surface area contributed by atoms with Crippen molar-refractivity contribution in [2.24, 2.45) is 0 Å². The maximum Gasteiger partial charge on any atom is 0.273 e. The minimum absolute atomic E-state index is 0.0790. The SMILES string of the molecule is COc1ccccc1COc1ccc([N+](=O)[O-])cc1OCc1ccccc1OC. The zero-order valence-electron chi connectivity index (χ0n) is 16.2. The van der Waals surface area contributed by atoms with Crippen LogP contribution in [0.4, 0.5) is 5.69 Å². The molecule has 0 radical (unpaired) electrons. The monoisotopic (exact) mass is 395 g/mol. The third-order valence-corrected chi connectivity index (χ3v) is 4.29. The molecule has 7 nitrogen and oxygen atoms in total. The van der Waals surface area contributed by atoms with E-state index in [1.165, 1.54) is 18.2 Å². The average Bonchev–Trinajstić information content (AvgIpc) is 2.76. The topological polar surface area (TPSA) is 80.1 Å². The van der Waals surface area contributed by atoms with Crippen molar-refractivity contribution in [3.05, 3.63) is 88.0 Å². The number of benzene rings is 3. The molecule has 0 spiro atoms. The standard InChI is InChI=1S/C22H21NO6/c1-26-19-9-5-3-7-16(19)14-28-21-12-11-18(23(24)25)13-22(21)29-15-17-8-4-6-10-20(17)27-2/h3-13H,14-15H2,1-2H3. The smallest absolute Gasteiger partial charge is 0.273 e. The van der Waals surface area contributed by atoms with Gasteiger partial charge >= 0.3 is 0 Å². The molecule has 150 valence electrons. The van der Waals surface area contributed by atoms with E-state index in [1.807, 2.05) is 48.5 Å². The highest BCUT2D eigenvalue weighted by Gasteiger charge is 2.15. The molecular weight excluding hydrogens is 374 g/mol. The maximum absolute atomic E-state index is 11.2. The van der Waals surface area contributed by atoms with Gasteiger partial charge in [-0.05, 0) is 18.2 Å². The van der Waals surface area contributed by atoms with Gasteiger partial charge in [0.15, 0.2) is 11.5 Å². The molecule has 0 saturated carbocycles. The lowest BCUT2D eigenvalue weighted by Gasteiger charge is -2.15. The zero-order chi connectivity index (χ0) is 20.6. The molecule has 3 aromatic carbocycles. The van der Waals surface area contributed by atoms with E-state index < -0.39 is 4.92 Å². The van der Waals surface area contributed by atoms with Crippen molar-refractivity contribution in [1.29, 1.82) is 0 Å². The van der Waals surface area contributed by atoms with Crippen molar-refractivity contribution in [2.75, 3.05) is 14.2 Å². The van der Waals surface area contributed by atoms with Crippen LogP contribution in [0.5, 0.6) is 23.0 Å². The van der Waals surface area contributed by atoms with E-state index in [0.29, 0.717) is 17.2 Å². The summed E-state index contributed by atoms with van der Waals surface area (Å²) in [4.78, 5) is 10.7. The normalized spacial score (nSPS) is 10.3. The molecule has 0 amide bonds. The first-order valence-corrected chi connectivity index (χ1v) is 8.90. The van der Waals surface area contributed by atoms with E-state index in [1.54, 1.807) is 14.2 Å². The summed E-state index contributed by atoms with van der Waals surface area (Å²) in [6, 6.07) is 19.2. The molecule has 0 bridgehead atoms. The Morgan fingerprint density at radius 3 is 1.76 bits per heavy atom. The number of nitro groups is 1. The van der Waals surface area contributed by atoms with Crippen LogP contribution in [0.15, 0.2) is 66.7 Å². The summed E-state index contributed by atoms with van der Waals surface area (Å²) in [6.45, 7) is 0.406. The second-order valence-corrected chi connectivity index (χ2v) is 6.09. The van der Waals surface area contributed by atoms with E-state index in [-0.39, 0.29) is 24.7 Å². The van der Waals surface area contributed by atoms with Crippen LogP contribution in [0.25, 0.3) is 0 Å². The first kappa shape index (κ1) is 20.0. The number of para-hydroxylation sites is 2. The lowest BCUT2D eigenvalue weighted by atomic mass is 10.2. The largest absolute Gasteiger partial charge is 0.496 e. The second kappa shape index (κ2) is 9.45. The van der Waals surface area contributed by atoms with Gasteiger partial charge in [-0.3, -0.25) is 10.1 Å². The number of non-ortho nitro benzene ring substituents is 1. The first-order valence-electron chi connectivity index (χ1n) is 8.90. The zero-order valence-corrected chi connectivity index (χ0v) is 16.2. The number of hydrogen-bond acceptors (Lipinski definition) is 6. The van der Waals surface area contributed by atoms with Crippen molar-refractivity contribution in [3.63, 3.8) is 0 Å². The molecule has 0 aliphatic rings. The molecule has 0 unspecified atom stereocenters. The Hall–Kier alpha value is -3.74. The predicted molar refractivity (Wildman–Crippen MR) is 108 cm³/mol. The fourth-order valence-corrected chi connectivity index (χ4v) is 2.80. The minimum Gasteiger partial charge on any atom is -0.496 e. The Balaban J connectivity index is 1.82. The molecule has 0 heterocycles. The highest BCUT2D eigenvalue weighted by Crippen LogP contribution is 2.34. The van der Waals surface area contributed by atoms with Gasteiger partial charge in [-0.1, -0.05) is 36.4 Å². The first-order chi connectivity index (χ1) is 14.1. The molecule has 0 fully saturated rings. The van der Waals surface area contributed by atoms with Gasteiger partial charge in [0, 0.05) is 17.2 Å². The molecule has 0 aromatic heterocycles. The second-order valence-electron chi connectivity index (χ2n) is 6.09. The lowest BCUT2D eigenvalue weighted by molar-refractivity contribution is -0.385. The summed E-state index contributed by atoms with van der Waals surface area (Å²) >= 11 is 0. The molecule has 0 saturated heterocycles. The summed E-state index contributed by atoms with van der Waals surface area (Å²) in [5.74, 6) is 2.05. The lowest BCUT2D eigenvalue weighted by Crippen LogP contribution is -2.03. The number of nitro benzene ring substituents is 1. The Kier molecular flexibility index (Phi) is 6.52. The van der Waals surface area contributed by atoms with Crippen LogP contribution in [-0.2, 0) is 13.2 Å². The van der Waals surface area contributed by atoms with E-state index in [2.05, 4.69) is 0 Å². The number of methoxy groups -OCH3 is 2. The molecule has 0 aliphatic carbocycles. The molecule has 0 N–H and O–H groups in total. The summed E-state index contributed by atoms with van der Waals surface area (Å²) in [6.07, 6.45) is 0. The summed E-state index contributed by atoms with van der Waals surface area (Å²) < 4.78 is 22.4. The number of nitrogens with zero attached hydrogens (tertiary/aromatic N) is 1. The fraction of sp³-hybridized carbons (Fsp3) is 0.182. The van der Waals surface area contributed by atoms with Crippen LogP contribution in [0.1, 0.15) is 11.1 Å². The van der Waals surface area contributed by atoms with Gasteiger partial charge < -0.3 is 18.9 Å². The predicted octanol–water partition coefficient (Wildman–Crippen LogP) is 4.77. The molecular formula is C22H21NO6. The Labute approximate surface area is 168 Å². The summed E-state index contributed by atoms with van der Waals surface area (Å²) in [5, 5.41) is 11.2. The highest BCUT2D eigenvalue weighted by atomic mass is 16.6. The average molecular weight is 395 g/mol. The quantitative estimate of drug-likeness (QED) is 0.383. The van der Waals surface area contributed by atoms with Gasteiger partial charge in [0.2, 0.25) is 0 Å². The molecule has 0 aliphatic heterocycles. The van der Waals surface area contributed by atoms with Crippen molar-refractivity contribution in [3.8, 4) is 23.0 Å². The highest BCUT2D eigenvalue weighted by molar-refractivity contribution is 5.49. The van der Waals surface area contributed by atoms with Gasteiger partial charge in [0.25, 0.3) is 5.69 Å². The van der Waals surface area contributed by atoms with Gasteiger partial charge in [0.05, 0.1) is 25.2 Å². The van der Waals surface area contributed by atoms with Gasteiger partial charge in [0.1, 0.15) is 24.7 Å². The molecule has 7 heteroatoms. The van der Waals surface area contributed by atoms with E-state index in [4.69, 9.17) is 18.9 Å². The van der Waals surface area contributed by atoms with Crippen molar-refractivity contribution in [1.82, 2.24) is 0 Å². The van der Waals surface area contributed by atoms with E-state index >= 15 is 0 Å². The summed E-state index contributed by atoms with van der Waals surface area (Å²) in [7, 11) is 3.17. The fourth-order valence-electron chi connectivity index (χ4n) is 2.80. The van der Waals surface area contributed by atoms with Gasteiger partial charge in [-0.25, -0.2) is 0 Å². The number of ether oxygens (including phenoxy) is 4. The Bertz CT molecular complexity index is 989. The molecule has 3 aromatic rings. The van der Waals surface area contributed by atoms with Crippen LogP contribution in [-0.4, -0.2) is 19.1 Å². The van der Waals surface area contributed by atoms with Gasteiger partial charge in [-0.2, -0.15) is 0 Å². The van der Waals surface area contributed by atoms with E-state index in [9.17, 15) is 10.1 Å². The Morgan fingerprint density at radius 1 is 0.724 bits per heavy atom. The van der Waals surface area contributed by atoms with Crippen LogP contribution in [0, 0.1) is 10.1 Å². The van der Waals surface area contributed by atoms with Crippen LogP contribution in [0.2, 0.25) is 0 Å². The van der Waals surface area contributed by atoms with Crippen LogP contribution in [0.3, 0.4) is 0 Å². The number of rotatable bonds is 9.